The summed E-state index contributed by atoms with van der Waals surface area (Å²) in [6.07, 6.45) is 4.40. The molecule has 35 heavy (non-hydrogen) atoms. The van der Waals surface area contributed by atoms with Gasteiger partial charge in [-0.2, -0.15) is 4.98 Å². The fraction of sp³-hybridized carbons (Fsp3) is 0.538. The van der Waals surface area contributed by atoms with Gasteiger partial charge in [0, 0.05) is 38.6 Å². The zero-order chi connectivity index (χ0) is 24.2. The Morgan fingerprint density at radius 1 is 1.06 bits per heavy atom. The molecular weight excluding hydrogens is 448 g/mol. The zero-order valence-electron chi connectivity index (χ0n) is 20.4. The summed E-state index contributed by atoms with van der Waals surface area (Å²) in [6.45, 7) is 6.88. The minimum absolute atomic E-state index is 0.108. The van der Waals surface area contributed by atoms with E-state index in [0.29, 0.717) is 47.8 Å². The second-order valence-electron chi connectivity index (χ2n) is 9.49. The number of amides is 1. The quantitative estimate of drug-likeness (QED) is 0.495. The van der Waals surface area contributed by atoms with Gasteiger partial charge in [-0.3, -0.25) is 4.79 Å². The van der Waals surface area contributed by atoms with Gasteiger partial charge in [-0.25, -0.2) is 0 Å². The van der Waals surface area contributed by atoms with E-state index in [2.05, 4.69) is 15.3 Å². The van der Waals surface area contributed by atoms with Crippen LogP contribution in [0.2, 0.25) is 0 Å². The molecule has 0 radical (unpaired) electrons. The van der Waals surface area contributed by atoms with Crippen LogP contribution in [0.5, 0.6) is 5.75 Å². The summed E-state index contributed by atoms with van der Waals surface area (Å²) < 4.78 is 22.3. The van der Waals surface area contributed by atoms with Crippen molar-refractivity contribution in [3.8, 4) is 5.75 Å². The van der Waals surface area contributed by atoms with Crippen LogP contribution in [0.4, 0.5) is 0 Å². The van der Waals surface area contributed by atoms with Gasteiger partial charge in [0.15, 0.2) is 11.5 Å². The third-order valence-corrected chi connectivity index (χ3v) is 7.09. The molecule has 0 unspecified atom stereocenters. The van der Waals surface area contributed by atoms with Crippen LogP contribution in [0.25, 0.3) is 0 Å². The summed E-state index contributed by atoms with van der Waals surface area (Å²) >= 11 is 0. The SMILES string of the molecule is Cc1ccccc1OCc1c(C(=O)N2CCC(Cc3nc(C4CCOCC4)no3)CC2)noc1C. The molecule has 2 aliphatic heterocycles. The molecule has 186 valence electrons. The van der Waals surface area contributed by atoms with E-state index in [9.17, 15) is 4.79 Å². The third kappa shape index (κ3) is 5.40. The van der Waals surface area contributed by atoms with Crippen molar-refractivity contribution in [1.29, 1.82) is 0 Å². The normalized spacial score (nSPS) is 17.6. The second kappa shape index (κ2) is 10.6. The number of nitrogens with zero attached hydrogens (tertiary/aromatic N) is 4. The molecule has 0 bridgehead atoms. The molecule has 1 aromatic carbocycles. The smallest absolute Gasteiger partial charge is 0.276 e. The summed E-state index contributed by atoms with van der Waals surface area (Å²) in [6, 6.07) is 7.81. The van der Waals surface area contributed by atoms with E-state index in [1.165, 1.54) is 0 Å². The molecular formula is C26H32N4O5. The Kier molecular flexibility index (Phi) is 7.13. The molecule has 0 N–H and O–H groups in total. The van der Waals surface area contributed by atoms with Gasteiger partial charge in [0.1, 0.15) is 18.1 Å². The van der Waals surface area contributed by atoms with E-state index in [1.807, 2.05) is 43.0 Å². The van der Waals surface area contributed by atoms with Crippen molar-refractivity contribution in [1.82, 2.24) is 20.2 Å². The average molecular weight is 481 g/mol. The molecule has 0 atom stereocenters. The Morgan fingerprint density at radius 3 is 2.60 bits per heavy atom. The molecule has 2 aromatic heterocycles. The van der Waals surface area contributed by atoms with Gasteiger partial charge in [-0.15, -0.1) is 0 Å². The van der Waals surface area contributed by atoms with Gasteiger partial charge in [-0.1, -0.05) is 28.5 Å². The lowest BCUT2D eigenvalue weighted by molar-refractivity contribution is 0.0674. The number of rotatable bonds is 7. The topological polar surface area (TPSA) is 104 Å². The van der Waals surface area contributed by atoms with Crippen molar-refractivity contribution >= 4 is 5.91 Å². The van der Waals surface area contributed by atoms with Crippen LogP contribution in [-0.4, -0.2) is 52.4 Å². The van der Waals surface area contributed by atoms with Crippen LogP contribution in [-0.2, 0) is 17.8 Å². The van der Waals surface area contributed by atoms with E-state index in [1.54, 1.807) is 0 Å². The molecule has 5 rings (SSSR count). The maximum Gasteiger partial charge on any atom is 0.276 e. The Bertz CT molecular complexity index is 1140. The summed E-state index contributed by atoms with van der Waals surface area (Å²) in [5, 5.41) is 8.28. The van der Waals surface area contributed by atoms with Gasteiger partial charge in [-0.05, 0) is 57.1 Å². The standard InChI is InChI=1S/C26H32N4O5/c1-17-5-3-4-6-22(17)33-16-21-18(2)34-28-24(21)26(31)30-11-7-19(8-12-30)15-23-27-25(29-35-23)20-9-13-32-14-10-20/h3-6,19-20H,7-16H2,1-2H3. The van der Waals surface area contributed by atoms with Crippen LogP contribution in [0.15, 0.2) is 33.3 Å². The fourth-order valence-electron chi connectivity index (χ4n) is 4.81. The number of aryl methyl sites for hydroxylation is 2. The van der Waals surface area contributed by atoms with Gasteiger partial charge >= 0.3 is 0 Å². The molecule has 9 heteroatoms. The number of aromatic nitrogens is 3. The van der Waals surface area contributed by atoms with Crippen molar-refractivity contribution in [2.75, 3.05) is 26.3 Å². The number of likely N-dealkylation sites (tertiary alicyclic amines) is 1. The first-order valence-corrected chi connectivity index (χ1v) is 12.4. The highest BCUT2D eigenvalue weighted by molar-refractivity contribution is 5.93. The molecule has 0 spiro atoms. The van der Waals surface area contributed by atoms with Crippen molar-refractivity contribution in [2.45, 2.75) is 58.5 Å². The molecule has 2 saturated heterocycles. The Balaban J connectivity index is 1.15. The average Bonchev–Trinajstić information content (AvgIpc) is 3.50. The van der Waals surface area contributed by atoms with Crippen LogP contribution in [0, 0.1) is 19.8 Å². The number of hydrogen-bond donors (Lipinski definition) is 0. The fourth-order valence-corrected chi connectivity index (χ4v) is 4.81. The molecule has 2 aliphatic rings. The molecule has 0 aliphatic carbocycles. The minimum atomic E-state index is -0.108. The number of piperidine rings is 1. The highest BCUT2D eigenvalue weighted by Gasteiger charge is 2.30. The van der Waals surface area contributed by atoms with E-state index < -0.39 is 0 Å². The molecule has 1 amide bonds. The second-order valence-corrected chi connectivity index (χ2v) is 9.49. The van der Waals surface area contributed by atoms with Gasteiger partial charge in [0.25, 0.3) is 5.91 Å². The molecule has 3 aromatic rings. The van der Waals surface area contributed by atoms with Crippen molar-refractivity contribution in [3.63, 3.8) is 0 Å². The summed E-state index contributed by atoms with van der Waals surface area (Å²) in [7, 11) is 0. The van der Waals surface area contributed by atoms with Crippen molar-refractivity contribution in [3.05, 3.63) is 58.6 Å². The first kappa shape index (κ1) is 23.5. The molecule has 0 saturated carbocycles. The largest absolute Gasteiger partial charge is 0.488 e. The number of carbonyl (C=O) groups is 1. The lowest BCUT2D eigenvalue weighted by Crippen LogP contribution is -2.39. The monoisotopic (exact) mass is 480 g/mol. The highest BCUT2D eigenvalue weighted by Crippen LogP contribution is 2.27. The minimum Gasteiger partial charge on any atom is -0.488 e. The predicted octanol–water partition coefficient (Wildman–Crippen LogP) is 4.24. The van der Waals surface area contributed by atoms with Crippen LogP contribution >= 0.6 is 0 Å². The molecule has 2 fully saturated rings. The number of para-hydroxylation sites is 1. The number of ether oxygens (including phenoxy) is 2. The summed E-state index contributed by atoms with van der Waals surface area (Å²) in [4.78, 5) is 19.8. The first-order valence-electron chi connectivity index (χ1n) is 12.4. The van der Waals surface area contributed by atoms with E-state index in [0.717, 1.165) is 62.5 Å². The third-order valence-electron chi connectivity index (χ3n) is 7.09. The van der Waals surface area contributed by atoms with Gasteiger partial charge in [0.2, 0.25) is 5.89 Å². The Morgan fingerprint density at radius 2 is 1.83 bits per heavy atom. The van der Waals surface area contributed by atoms with Crippen LogP contribution in [0.1, 0.15) is 70.7 Å². The lowest BCUT2D eigenvalue weighted by Gasteiger charge is -2.31. The van der Waals surface area contributed by atoms with Gasteiger partial charge < -0.3 is 23.4 Å². The summed E-state index contributed by atoms with van der Waals surface area (Å²) in [5.74, 6) is 3.52. The van der Waals surface area contributed by atoms with Crippen molar-refractivity contribution in [2.24, 2.45) is 5.92 Å². The number of carbonyl (C=O) groups excluding carboxylic acids is 1. The van der Waals surface area contributed by atoms with Crippen LogP contribution < -0.4 is 4.74 Å². The first-order chi connectivity index (χ1) is 17.1. The Labute approximate surface area is 204 Å². The molecule has 4 heterocycles. The predicted molar refractivity (Wildman–Crippen MR) is 126 cm³/mol. The maximum absolute atomic E-state index is 13.3. The Hall–Kier alpha value is -3.20. The highest BCUT2D eigenvalue weighted by atomic mass is 16.5. The van der Waals surface area contributed by atoms with E-state index in [4.69, 9.17) is 18.5 Å². The lowest BCUT2D eigenvalue weighted by atomic mass is 9.93. The molecule has 9 nitrogen and oxygen atoms in total. The maximum atomic E-state index is 13.3. The number of benzene rings is 1. The number of hydrogen-bond acceptors (Lipinski definition) is 8. The summed E-state index contributed by atoms with van der Waals surface area (Å²) in [5.41, 5.74) is 2.08. The zero-order valence-corrected chi connectivity index (χ0v) is 20.4. The van der Waals surface area contributed by atoms with E-state index >= 15 is 0 Å². The van der Waals surface area contributed by atoms with E-state index in [-0.39, 0.29) is 12.5 Å². The van der Waals surface area contributed by atoms with Crippen molar-refractivity contribution < 1.29 is 23.3 Å². The van der Waals surface area contributed by atoms with Crippen LogP contribution in [0.3, 0.4) is 0 Å². The van der Waals surface area contributed by atoms with Gasteiger partial charge in [0.05, 0.1) is 5.56 Å².